The van der Waals surface area contributed by atoms with Crippen LogP contribution in [-0.2, 0) is 0 Å². The summed E-state index contributed by atoms with van der Waals surface area (Å²) in [7, 11) is 0. The van der Waals surface area contributed by atoms with Gasteiger partial charge in [0.1, 0.15) is 0 Å². The third kappa shape index (κ3) is 4.54. The Labute approximate surface area is 289 Å². The van der Waals surface area contributed by atoms with E-state index in [0.717, 1.165) is 33.5 Å². The van der Waals surface area contributed by atoms with E-state index in [1.807, 2.05) is 18.3 Å². The van der Waals surface area contributed by atoms with Crippen molar-refractivity contribution in [3.05, 3.63) is 182 Å². The van der Waals surface area contributed by atoms with E-state index >= 15 is 0 Å². The van der Waals surface area contributed by atoms with Gasteiger partial charge in [0.15, 0.2) is 0 Å². The Morgan fingerprint density at radius 3 is 1.58 bits per heavy atom. The minimum absolute atomic E-state index is 0.655. The van der Waals surface area contributed by atoms with E-state index in [0.29, 0.717) is 5.95 Å². The topological polar surface area (TPSA) is 35.6 Å². The molecule has 10 aromatic rings. The lowest BCUT2D eigenvalue weighted by Gasteiger charge is -2.11. The summed E-state index contributed by atoms with van der Waals surface area (Å²) in [6.45, 7) is 0. The van der Waals surface area contributed by atoms with Gasteiger partial charge < -0.3 is 4.57 Å². The van der Waals surface area contributed by atoms with Crippen molar-refractivity contribution in [3.8, 4) is 45.1 Å². The van der Waals surface area contributed by atoms with E-state index in [4.69, 9.17) is 9.97 Å². The Morgan fingerprint density at radius 2 is 0.860 bits per heavy atom. The predicted octanol–water partition coefficient (Wildman–Crippen LogP) is 11.7. The number of fused-ring (bicyclic) bond motifs is 6. The molecule has 0 bridgehead atoms. The highest BCUT2D eigenvalue weighted by Gasteiger charge is 2.17. The largest absolute Gasteiger partial charge is 0.309 e. The Morgan fingerprint density at radius 1 is 0.340 bits per heavy atom. The van der Waals surface area contributed by atoms with E-state index in [1.165, 1.54) is 49.3 Å². The van der Waals surface area contributed by atoms with Crippen LogP contribution in [-0.4, -0.2) is 19.1 Å². The van der Waals surface area contributed by atoms with Gasteiger partial charge in [0.2, 0.25) is 5.95 Å². The average Bonchev–Trinajstić information content (AvgIpc) is 3.71. The minimum atomic E-state index is 0.655. The van der Waals surface area contributed by atoms with Crippen molar-refractivity contribution in [2.45, 2.75) is 0 Å². The first-order valence-corrected chi connectivity index (χ1v) is 16.9. The van der Waals surface area contributed by atoms with Crippen LogP contribution in [0.5, 0.6) is 0 Å². The smallest absolute Gasteiger partial charge is 0.235 e. The summed E-state index contributed by atoms with van der Waals surface area (Å²) >= 11 is 0. The van der Waals surface area contributed by atoms with Crippen LogP contribution in [0.25, 0.3) is 88.8 Å². The molecule has 0 atom stereocenters. The van der Waals surface area contributed by atoms with Gasteiger partial charge in [-0.15, -0.1) is 0 Å². The highest BCUT2D eigenvalue weighted by molar-refractivity contribution is 6.11. The molecule has 0 radical (unpaired) electrons. The van der Waals surface area contributed by atoms with E-state index in [2.05, 4.69) is 173 Å². The number of para-hydroxylation sites is 3. The van der Waals surface area contributed by atoms with E-state index in [-0.39, 0.29) is 0 Å². The fourth-order valence-electron chi connectivity index (χ4n) is 7.47. The standard InChI is InChI=1S/C46H30N4/c1-2-11-31(12-3-1)32-21-23-33(24-22-32)41-27-28-47-46(48-41)50-44-20-9-6-17-39(44)40-30-35(25-26-45(40)50)34-13-10-14-36(29-34)49-42-18-7-4-15-37(42)38-16-5-8-19-43(38)49/h1-30H. The average molecular weight is 639 g/mol. The zero-order chi connectivity index (χ0) is 33.0. The van der Waals surface area contributed by atoms with Crippen molar-refractivity contribution in [2.24, 2.45) is 0 Å². The molecule has 0 aliphatic heterocycles. The fraction of sp³-hybridized carbons (Fsp3) is 0. The molecule has 10 rings (SSSR count). The summed E-state index contributed by atoms with van der Waals surface area (Å²) in [4.78, 5) is 9.90. The molecule has 0 aliphatic carbocycles. The van der Waals surface area contributed by atoms with Gasteiger partial charge in [-0.25, -0.2) is 9.97 Å². The maximum Gasteiger partial charge on any atom is 0.235 e. The first-order valence-electron chi connectivity index (χ1n) is 16.9. The van der Waals surface area contributed by atoms with Crippen LogP contribution in [0.15, 0.2) is 182 Å². The molecule has 3 heterocycles. The molecule has 0 saturated carbocycles. The molecular weight excluding hydrogens is 609 g/mol. The van der Waals surface area contributed by atoms with E-state index < -0.39 is 0 Å². The normalized spacial score (nSPS) is 11.6. The Balaban J connectivity index is 1.07. The van der Waals surface area contributed by atoms with Gasteiger partial charge in [0, 0.05) is 39.0 Å². The first kappa shape index (κ1) is 28.3. The summed E-state index contributed by atoms with van der Waals surface area (Å²) in [6, 6.07) is 62.5. The third-order valence-electron chi connectivity index (χ3n) is 9.82. The van der Waals surface area contributed by atoms with Gasteiger partial charge in [-0.3, -0.25) is 4.57 Å². The van der Waals surface area contributed by atoms with Crippen molar-refractivity contribution >= 4 is 43.6 Å². The number of aromatic nitrogens is 4. The van der Waals surface area contributed by atoms with Crippen LogP contribution in [0.1, 0.15) is 0 Å². The molecule has 4 nitrogen and oxygen atoms in total. The second kappa shape index (κ2) is 11.4. The maximum absolute atomic E-state index is 5.11. The van der Waals surface area contributed by atoms with Crippen LogP contribution in [0.2, 0.25) is 0 Å². The highest BCUT2D eigenvalue weighted by Crippen LogP contribution is 2.37. The van der Waals surface area contributed by atoms with Crippen LogP contribution in [0, 0.1) is 0 Å². The molecule has 234 valence electrons. The van der Waals surface area contributed by atoms with Crippen molar-refractivity contribution < 1.29 is 0 Å². The van der Waals surface area contributed by atoms with Crippen LogP contribution in [0.3, 0.4) is 0 Å². The molecule has 3 aromatic heterocycles. The molecule has 0 fully saturated rings. The SMILES string of the molecule is c1ccc(-c2ccc(-c3ccnc(-n4c5ccccc5c5cc(-c6cccc(-n7c8ccccc8c8ccccc87)c6)ccc54)n3)cc2)cc1. The molecule has 0 unspecified atom stereocenters. The summed E-state index contributed by atoms with van der Waals surface area (Å²) in [6.07, 6.45) is 1.86. The second-order valence-corrected chi connectivity index (χ2v) is 12.7. The monoisotopic (exact) mass is 638 g/mol. The molecule has 0 N–H and O–H groups in total. The van der Waals surface area contributed by atoms with Gasteiger partial charge in [-0.2, -0.15) is 0 Å². The van der Waals surface area contributed by atoms with Gasteiger partial charge in [0.25, 0.3) is 0 Å². The maximum atomic E-state index is 5.11. The van der Waals surface area contributed by atoms with E-state index in [9.17, 15) is 0 Å². The molecule has 50 heavy (non-hydrogen) atoms. The number of hydrogen-bond donors (Lipinski definition) is 0. The van der Waals surface area contributed by atoms with Crippen molar-refractivity contribution in [1.82, 2.24) is 19.1 Å². The van der Waals surface area contributed by atoms with Crippen molar-refractivity contribution in [2.75, 3.05) is 0 Å². The van der Waals surface area contributed by atoms with Gasteiger partial charge in [-0.05, 0) is 70.8 Å². The Bertz CT molecular complexity index is 2810. The van der Waals surface area contributed by atoms with Crippen LogP contribution in [0.4, 0.5) is 0 Å². The second-order valence-electron chi connectivity index (χ2n) is 12.7. The summed E-state index contributed by atoms with van der Waals surface area (Å²) < 4.78 is 4.56. The lowest BCUT2D eigenvalue weighted by Crippen LogP contribution is -2.01. The molecular formula is C46H30N4. The predicted molar refractivity (Wildman–Crippen MR) is 207 cm³/mol. The molecule has 0 spiro atoms. The number of nitrogens with zero attached hydrogens (tertiary/aromatic N) is 4. The highest BCUT2D eigenvalue weighted by atomic mass is 15.2. The Hall–Kier alpha value is -6.78. The lowest BCUT2D eigenvalue weighted by atomic mass is 10.0. The van der Waals surface area contributed by atoms with Crippen LogP contribution < -0.4 is 0 Å². The van der Waals surface area contributed by atoms with Gasteiger partial charge in [0.05, 0.1) is 27.8 Å². The van der Waals surface area contributed by atoms with Gasteiger partial charge >= 0.3 is 0 Å². The summed E-state index contributed by atoms with van der Waals surface area (Å²) in [5, 5.41) is 4.86. The molecule has 0 saturated heterocycles. The zero-order valence-corrected chi connectivity index (χ0v) is 27.1. The van der Waals surface area contributed by atoms with Crippen molar-refractivity contribution in [1.29, 1.82) is 0 Å². The zero-order valence-electron chi connectivity index (χ0n) is 27.1. The van der Waals surface area contributed by atoms with Crippen molar-refractivity contribution in [3.63, 3.8) is 0 Å². The number of benzene rings is 7. The number of rotatable bonds is 5. The third-order valence-corrected chi connectivity index (χ3v) is 9.82. The van der Waals surface area contributed by atoms with E-state index in [1.54, 1.807) is 0 Å². The molecule has 0 aliphatic rings. The fourth-order valence-corrected chi connectivity index (χ4v) is 7.47. The first-order chi connectivity index (χ1) is 24.8. The molecule has 0 amide bonds. The van der Waals surface area contributed by atoms with Crippen LogP contribution >= 0.6 is 0 Å². The Kier molecular flexibility index (Phi) is 6.46. The lowest BCUT2D eigenvalue weighted by molar-refractivity contribution is 0.992. The summed E-state index contributed by atoms with van der Waals surface area (Å²) in [5.74, 6) is 0.655. The number of hydrogen-bond acceptors (Lipinski definition) is 2. The summed E-state index contributed by atoms with van der Waals surface area (Å²) in [5.41, 5.74) is 12.4. The molecule has 4 heteroatoms. The molecule has 7 aromatic carbocycles. The minimum Gasteiger partial charge on any atom is -0.309 e. The van der Waals surface area contributed by atoms with Gasteiger partial charge in [-0.1, -0.05) is 127 Å². The quantitative estimate of drug-likeness (QED) is 0.188.